The number of carbonyl (C=O) groups is 1. The Bertz CT molecular complexity index is 686. The monoisotopic (exact) mass is 270 g/mol. The Hall–Kier alpha value is -2.23. The van der Waals surface area contributed by atoms with Crippen molar-refractivity contribution in [1.82, 2.24) is 0 Å². The fourth-order valence-electron chi connectivity index (χ4n) is 3.65. The number of benzene rings is 1. The summed E-state index contributed by atoms with van der Waals surface area (Å²) in [5.41, 5.74) is 1.48. The predicted molar refractivity (Wildman–Crippen MR) is 71.4 cm³/mol. The first-order chi connectivity index (χ1) is 9.58. The second-order valence-electron chi connectivity index (χ2n) is 5.80. The van der Waals surface area contributed by atoms with Crippen LogP contribution in [0.2, 0.25) is 0 Å². The maximum absolute atomic E-state index is 11.6. The maximum Gasteiger partial charge on any atom is 0.181 e. The van der Waals surface area contributed by atoms with E-state index in [1.807, 2.05) is 6.08 Å². The van der Waals surface area contributed by atoms with E-state index < -0.39 is 5.41 Å². The number of hydrogen-bond acceptors (Lipinski definition) is 4. The van der Waals surface area contributed by atoms with Gasteiger partial charge in [0.25, 0.3) is 0 Å². The second kappa shape index (κ2) is 3.66. The van der Waals surface area contributed by atoms with Gasteiger partial charge in [0.05, 0.1) is 12.0 Å². The number of fused-ring (bicyclic) bond motifs is 2. The van der Waals surface area contributed by atoms with E-state index in [4.69, 9.17) is 4.74 Å². The van der Waals surface area contributed by atoms with Crippen molar-refractivity contribution in [1.29, 1.82) is 0 Å². The quantitative estimate of drug-likeness (QED) is 0.707. The van der Waals surface area contributed by atoms with Gasteiger partial charge in [-0.3, -0.25) is 4.79 Å². The van der Waals surface area contributed by atoms with E-state index in [0.717, 1.165) is 24.0 Å². The molecule has 1 aliphatic heterocycles. The number of ether oxygens (including phenoxy) is 1. The van der Waals surface area contributed by atoms with E-state index in [9.17, 15) is 15.0 Å². The molecule has 2 N–H and O–H groups in total. The van der Waals surface area contributed by atoms with Gasteiger partial charge in [-0.2, -0.15) is 0 Å². The Balaban J connectivity index is 1.98. The van der Waals surface area contributed by atoms with E-state index in [1.54, 1.807) is 18.2 Å². The van der Waals surface area contributed by atoms with Crippen LogP contribution in [0.3, 0.4) is 0 Å². The molecule has 1 heterocycles. The highest BCUT2D eigenvalue weighted by molar-refractivity contribution is 6.01. The predicted octanol–water partition coefficient (Wildman–Crippen LogP) is 1.95. The van der Waals surface area contributed by atoms with E-state index >= 15 is 0 Å². The highest BCUT2D eigenvalue weighted by atomic mass is 16.5. The van der Waals surface area contributed by atoms with Gasteiger partial charge in [-0.15, -0.1) is 0 Å². The molecule has 3 aliphatic rings. The Morgan fingerprint density at radius 1 is 1.25 bits per heavy atom. The Kier molecular flexibility index (Phi) is 2.12. The first-order valence-corrected chi connectivity index (χ1v) is 6.72. The molecule has 0 saturated carbocycles. The van der Waals surface area contributed by atoms with Crippen molar-refractivity contribution in [2.45, 2.75) is 18.3 Å². The third-order valence-corrected chi connectivity index (χ3v) is 4.52. The summed E-state index contributed by atoms with van der Waals surface area (Å²) in [7, 11) is 0. The molecular formula is C16H14O4. The average molecular weight is 270 g/mol. The Morgan fingerprint density at radius 3 is 2.90 bits per heavy atom. The number of aromatic hydroxyl groups is 2. The normalized spacial score (nSPS) is 30.1. The number of phenolic OH excluding ortho intramolecular Hbond substituents is 2. The second-order valence-corrected chi connectivity index (χ2v) is 5.80. The van der Waals surface area contributed by atoms with E-state index in [-0.39, 0.29) is 17.3 Å². The number of ketones is 1. The largest absolute Gasteiger partial charge is 0.504 e. The van der Waals surface area contributed by atoms with E-state index in [1.165, 1.54) is 6.08 Å². The van der Waals surface area contributed by atoms with Gasteiger partial charge in [0.2, 0.25) is 0 Å². The zero-order valence-corrected chi connectivity index (χ0v) is 10.8. The number of rotatable bonds is 0. The van der Waals surface area contributed by atoms with Crippen molar-refractivity contribution in [2.75, 3.05) is 6.61 Å². The van der Waals surface area contributed by atoms with Crippen molar-refractivity contribution >= 4 is 5.78 Å². The zero-order chi connectivity index (χ0) is 13.9. The van der Waals surface area contributed by atoms with Crippen LogP contribution in [0, 0.1) is 5.92 Å². The van der Waals surface area contributed by atoms with Gasteiger partial charge in [0.15, 0.2) is 17.3 Å². The molecule has 102 valence electrons. The van der Waals surface area contributed by atoms with Gasteiger partial charge in [0, 0.05) is 6.08 Å². The number of hydrogen-bond donors (Lipinski definition) is 2. The molecule has 1 unspecified atom stereocenters. The maximum atomic E-state index is 11.6. The van der Waals surface area contributed by atoms with Crippen molar-refractivity contribution < 1.29 is 19.7 Å². The minimum atomic E-state index is -0.463. The third-order valence-electron chi connectivity index (χ3n) is 4.52. The van der Waals surface area contributed by atoms with Crippen LogP contribution >= 0.6 is 0 Å². The smallest absolute Gasteiger partial charge is 0.181 e. The highest BCUT2D eigenvalue weighted by Gasteiger charge is 2.48. The lowest BCUT2D eigenvalue weighted by molar-refractivity contribution is -0.111. The van der Waals surface area contributed by atoms with Gasteiger partial charge in [-0.05, 0) is 48.1 Å². The van der Waals surface area contributed by atoms with Crippen molar-refractivity contribution in [3.05, 3.63) is 47.2 Å². The summed E-state index contributed by atoms with van der Waals surface area (Å²) in [6.07, 6.45) is 6.68. The molecule has 0 radical (unpaired) electrons. The van der Waals surface area contributed by atoms with Crippen LogP contribution in [0.15, 0.2) is 36.1 Å². The fourth-order valence-corrected chi connectivity index (χ4v) is 3.65. The lowest BCUT2D eigenvalue weighted by atomic mass is 9.62. The molecule has 1 aromatic carbocycles. The van der Waals surface area contributed by atoms with Crippen molar-refractivity contribution in [2.24, 2.45) is 5.92 Å². The lowest BCUT2D eigenvalue weighted by Gasteiger charge is -2.46. The third kappa shape index (κ3) is 1.39. The Morgan fingerprint density at radius 2 is 2.05 bits per heavy atom. The lowest BCUT2D eigenvalue weighted by Crippen LogP contribution is -2.43. The summed E-state index contributed by atoms with van der Waals surface area (Å²) in [4.78, 5) is 11.6. The zero-order valence-electron chi connectivity index (χ0n) is 10.8. The van der Waals surface area contributed by atoms with Crippen LogP contribution in [0.4, 0.5) is 0 Å². The molecule has 1 aromatic rings. The molecule has 4 heteroatoms. The number of carbonyl (C=O) groups excluding carboxylic acids is 1. The fraction of sp³-hybridized carbons (Fsp3) is 0.312. The van der Waals surface area contributed by atoms with Crippen LogP contribution in [0.1, 0.15) is 17.5 Å². The summed E-state index contributed by atoms with van der Waals surface area (Å²) in [6.45, 7) is 0.593. The molecule has 4 nitrogen and oxygen atoms in total. The first-order valence-electron chi connectivity index (χ1n) is 6.72. The summed E-state index contributed by atoms with van der Waals surface area (Å²) in [6, 6.07) is 3.23. The van der Waals surface area contributed by atoms with Gasteiger partial charge >= 0.3 is 0 Å². The van der Waals surface area contributed by atoms with Crippen molar-refractivity contribution in [3.63, 3.8) is 0 Å². The van der Waals surface area contributed by atoms with Crippen LogP contribution in [0.5, 0.6) is 11.5 Å². The molecule has 0 aromatic heterocycles. The minimum absolute atomic E-state index is 0.0702. The molecule has 1 spiro atoms. The standard InChI is InChI=1S/C16H14O4/c17-11-1-2-16-7-9(8-20-15(16)5-11)3-10-4-13(18)14(19)6-12(10)16/h1-2,4-6,9,18-19H,3,7-8H2/t9?,16-/m1/s1. The average Bonchev–Trinajstić information content (AvgIpc) is 2.42. The van der Waals surface area contributed by atoms with Crippen molar-refractivity contribution in [3.8, 4) is 11.5 Å². The molecule has 1 fully saturated rings. The number of phenols is 2. The number of allylic oxidation sites excluding steroid dienone is 3. The molecule has 2 bridgehead atoms. The SMILES string of the molecule is O=C1C=C[C@]23CC(COC2=C1)Cc1cc(O)c(O)cc13. The molecular weight excluding hydrogens is 256 g/mol. The molecule has 2 aliphatic carbocycles. The van der Waals surface area contributed by atoms with Crippen LogP contribution in [0.25, 0.3) is 0 Å². The van der Waals surface area contributed by atoms with E-state index in [0.29, 0.717) is 18.3 Å². The molecule has 2 atom stereocenters. The van der Waals surface area contributed by atoms with Crippen LogP contribution in [-0.2, 0) is 21.4 Å². The molecule has 1 saturated heterocycles. The van der Waals surface area contributed by atoms with Gasteiger partial charge in [0.1, 0.15) is 5.76 Å². The summed E-state index contributed by atoms with van der Waals surface area (Å²) >= 11 is 0. The summed E-state index contributed by atoms with van der Waals surface area (Å²) < 4.78 is 5.78. The Labute approximate surface area is 116 Å². The molecule has 4 rings (SSSR count). The van der Waals surface area contributed by atoms with Gasteiger partial charge in [-0.1, -0.05) is 6.08 Å². The van der Waals surface area contributed by atoms with Gasteiger partial charge < -0.3 is 14.9 Å². The van der Waals surface area contributed by atoms with Crippen LogP contribution < -0.4 is 0 Å². The first kappa shape index (κ1) is 11.6. The summed E-state index contributed by atoms with van der Waals surface area (Å²) in [5, 5.41) is 19.5. The summed E-state index contributed by atoms with van der Waals surface area (Å²) in [5.74, 6) is 0.724. The van der Waals surface area contributed by atoms with E-state index in [2.05, 4.69) is 0 Å². The van der Waals surface area contributed by atoms with Crippen LogP contribution in [-0.4, -0.2) is 22.6 Å². The minimum Gasteiger partial charge on any atom is -0.504 e. The van der Waals surface area contributed by atoms with Gasteiger partial charge in [-0.25, -0.2) is 0 Å². The molecule has 20 heavy (non-hydrogen) atoms. The topological polar surface area (TPSA) is 66.8 Å². The molecule has 0 amide bonds. The highest BCUT2D eigenvalue weighted by Crippen LogP contribution is 2.52.